The van der Waals surface area contributed by atoms with E-state index in [1.807, 2.05) is 57.1 Å². The van der Waals surface area contributed by atoms with E-state index < -0.39 is 11.2 Å². The number of nitrogens with zero attached hydrogens (tertiary/aromatic N) is 4. The molecule has 0 spiro atoms. The SMILES string of the molecule is CCOC(=O)/C(C#N)=C1\SC(C(C)CNc2ccc3[nH]cc(C(=O)N(C)CCN(C)C)c3c2)C(=O)N1CC. The Kier molecular flexibility index (Phi) is 9.83. The van der Waals surface area contributed by atoms with Crippen LogP contribution in [0.15, 0.2) is 35.0 Å². The van der Waals surface area contributed by atoms with Crippen LogP contribution in [0.5, 0.6) is 0 Å². The van der Waals surface area contributed by atoms with Gasteiger partial charge in [-0.05, 0) is 52.1 Å². The molecule has 2 amide bonds. The molecule has 0 bridgehead atoms. The van der Waals surface area contributed by atoms with Crippen LogP contribution in [-0.4, -0.2) is 96.6 Å². The van der Waals surface area contributed by atoms with Gasteiger partial charge in [0, 0.05) is 56.0 Å². The van der Waals surface area contributed by atoms with Crippen LogP contribution in [-0.2, 0) is 14.3 Å². The predicted molar refractivity (Wildman–Crippen MR) is 150 cm³/mol. The number of nitriles is 1. The second-order valence-corrected chi connectivity index (χ2v) is 10.6. The van der Waals surface area contributed by atoms with Gasteiger partial charge in [-0.15, -0.1) is 0 Å². The molecule has 0 radical (unpaired) electrons. The van der Waals surface area contributed by atoms with Gasteiger partial charge in [-0.3, -0.25) is 9.59 Å². The number of aromatic amines is 1. The average Bonchev–Trinajstić information content (AvgIpc) is 3.46. The Balaban J connectivity index is 1.74. The number of esters is 1. The highest BCUT2D eigenvalue weighted by atomic mass is 32.2. The standard InChI is InChI=1S/C27H36N6O4S/c1-7-33-25(35)23(38-26(33)20(14-28)27(36)37-8-2)17(3)15-29-18-9-10-22-19(13-18)21(16-30-22)24(34)32(6)12-11-31(4)5/h9-10,13,16-17,23,29-30H,7-8,11-12,15H2,1-6H3/b26-20-. The quantitative estimate of drug-likeness (QED) is 0.253. The first kappa shape index (κ1) is 29.1. The van der Waals surface area contributed by atoms with Gasteiger partial charge in [-0.25, -0.2) is 4.79 Å². The van der Waals surface area contributed by atoms with Gasteiger partial charge in [0.2, 0.25) is 5.91 Å². The lowest BCUT2D eigenvalue weighted by molar-refractivity contribution is -0.138. The number of ether oxygens (including phenoxy) is 1. The third-order valence-electron chi connectivity index (χ3n) is 6.40. The molecule has 1 aliphatic heterocycles. The maximum Gasteiger partial charge on any atom is 0.351 e. The normalized spacial score (nSPS) is 17.5. The number of amides is 2. The Bertz CT molecular complexity index is 1260. The Morgan fingerprint density at radius 2 is 2.00 bits per heavy atom. The number of nitrogens with one attached hydrogen (secondary N) is 2. The minimum atomic E-state index is -0.715. The second kappa shape index (κ2) is 12.8. The predicted octanol–water partition coefficient (Wildman–Crippen LogP) is 3.11. The van der Waals surface area contributed by atoms with Crippen LogP contribution in [0.2, 0.25) is 0 Å². The molecule has 1 fully saturated rings. The van der Waals surface area contributed by atoms with Gasteiger partial charge in [0.25, 0.3) is 5.91 Å². The highest BCUT2D eigenvalue weighted by molar-refractivity contribution is 8.04. The summed E-state index contributed by atoms with van der Waals surface area (Å²) in [5.41, 5.74) is 2.17. The fraction of sp³-hybridized carbons (Fsp3) is 0.481. The van der Waals surface area contributed by atoms with Crippen LogP contribution < -0.4 is 5.32 Å². The summed E-state index contributed by atoms with van der Waals surface area (Å²) in [6.07, 6.45) is 1.74. The van der Waals surface area contributed by atoms with Gasteiger partial charge in [0.05, 0.1) is 17.4 Å². The van der Waals surface area contributed by atoms with Crippen molar-refractivity contribution in [2.24, 2.45) is 5.92 Å². The van der Waals surface area contributed by atoms with Crippen LogP contribution in [0.25, 0.3) is 10.9 Å². The number of anilines is 1. The molecule has 1 aromatic carbocycles. The number of H-pyrrole nitrogens is 1. The number of carbonyl (C=O) groups excluding carboxylic acids is 3. The van der Waals surface area contributed by atoms with Crippen molar-refractivity contribution < 1.29 is 19.1 Å². The van der Waals surface area contributed by atoms with E-state index in [9.17, 15) is 19.6 Å². The van der Waals surface area contributed by atoms with E-state index in [2.05, 4.69) is 10.3 Å². The number of fused-ring (bicyclic) bond motifs is 1. The molecule has 2 N–H and O–H groups in total. The molecule has 1 aliphatic rings. The van der Waals surface area contributed by atoms with Crippen LogP contribution in [0.1, 0.15) is 31.1 Å². The van der Waals surface area contributed by atoms with Crippen molar-refractivity contribution in [3.63, 3.8) is 0 Å². The summed E-state index contributed by atoms with van der Waals surface area (Å²) >= 11 is 1.24. The number of carbonyl (C=O) groups is 3. The summed E-state index contributed by atoms with van der Waals surface area (Å²) < 4.78 is 5.02. The monoisotopic (exact) mass is 540 g/mol. The molecule has 2 aromatic rings. The lowest BCUT2D eigenvalue weighted by Gasteiger charge is -2.20. The fourth-order valence-electron chi connectivity index (χ4n) is 4.18. The molecular formula is C27H36N6O4S. The highest BCUT2D eigenvalue weighted by Gasteiger charge is 2.41. The fourth-order valence-corrected chi connectivity index (χ4v) is 5.57. The molecule has 2 heterocycles. The molecule has 0 saturated carbocycles. The van der Waals surface area contributed by atoms with Gasteiger partial charge < -0.3 is 29.7 Å². The number of thioether (sulfide) groups is 1. The lowest BCUT2D eigenvalue weighted by atomic mass is 10.1. The Labute approximate surface area is 228 Å². The van der Waals surface area contributed by atoms with Gasteiger partial charge in [0.15, 0.2) is 5.57 Å². The molecule has 3 rings (SSSR count). The summed E-state index contributed by atoms with van der Waals surface area (Å²) in [6, 6.07) is 7.71. The first-order valence-corrected chi connectivity index (χ1v) is 13.6. The summed E-state index contributed by atoms with van der Waals surface area (Å²) in [7, 11) is 5.74. The summed E-state index contributed by atoms with van der Waals surface area (Å²) in [4.78, 5) is 46.9. The van der Waals surface area contributed by atoms with Crippen molar-refractivity contribution in [2.75, 3.05) is 59.2 Å². The van der Waals surface area contributed by atoms with Crippen LogP contribution >= 0.6 is 11.8 Å². The molecule has 11 heteroatoms. The maximum absolute atomic E-state index is 13.2. The third-order valence-corrected chi connectivity index (χ3v) is 7.97. The number of benzene rings is 1. The van der Waals surface area contributed by atoms with Crippen molar-refractivity contribution >= 4 is 46.1 Å². The molecular weight excluding hydrogens is 504 g/mol. The molecule has 2 atom stereocenters. The van der Waals surface area contributed by atoms with Crippen LogP contribution in [0.4, 0.5) is 5.69 Å². The van der Waals surface area contributed by atoms with E-state index in [1.54, 1.807) is 25.1 Å². The zero-order chi connectivity index (χ0) is 28.0. The number of likely N-dealkylation sites (N-methyl/N-ethyl adjacent to an activating group) is 2. The zero-order valence-electron chi connectivity index (χ0n) is 22.8. The minimum absolute atomic E-state index is 0.0505. The molecule has 1 aromatic heterocycles. The number of rotatable bonds is 11. The van der Waals surface area contributed by atoms with Crippen molar-refractivity contribution in [3.8, 4) is 6.07 Å². The maximum atomic E-state index is 13.2. The zero-order valence-corrected chi connectivity index (χ0v) is 23.6. The van der Waals surface area contributed by atoms with Crippen molar-refractivity contribution in [2.45, 2.75) is 26.0 Å². The first-order valence-electron chi connectivity index (χ1n) is 12.7. The molecule has 1 saturated heterocycles. The average molecular weight is 541 g/mol. The summed E-state index contributed by atoms with van der Waals surface area (Å²) in [5, 5.41) is 13.7. The Morgan fingerprint density at radius 1 is 1.26 bits per heavy atom. The largest absolute Gasteiger partial charge is 0.462 e. The van der Waals surface area contributed by atoms with Gasteiger partial charge in [0.1, 0.15) is 11.1 Å². The van der Waals surface area contributed by atoms with E-state index in [0.717, 1.165) is 23.1 Å². The topological polar surface area (TPSA) is 122 Å². The van der Waals surface area contributed by atoms with Crippen molar-refractivity contribution in [1.29, 1.82) is 5.26 Å². The van der Waals surface area contributed by atoms with E-state index in [0.29, 0.717) is 30.2 Å². The minimum Gasteiger partial charge on any atom is -0.462 e. The van der Waals surface area contributed by atoms with Crippen LogP contribution in [0.3, 0.4) is 0 Å². The van der Waals surface area contributed by atoms with Gasteiger partial charge in [-0.1, -0.05) is 18.7 Å². The highest BCUT2D eigenvalue weighted by Crippen LogP contribution is 2.40. The summed E-state index contributed by atoms with van der Waals surface area (Å²) in [6.45, 7) is 7.82. The first-order chi connectivity index (χ1) is 18.1. The summed E-state index contributed by atoms with van der Waals surface area (Å²) in [5.74, 6) is -1.01. The number of aromatic nitrogens is 1. The second-order valence-electron chi connectivity index (χ2n) is 9.48. The lowest BCUT2D eigenvalue weighted by Crippen LogP contribution is -2.34. The van der Waals surface area contributed by atoms with E-state index in [1.165, 1.54) is 16.7 Å². The van der Waals surface area contributed by atoms with Crippen LogP contribution in [0, 0.1) is 17.2 Å². The third kappa shape index (κ3) is 6.31. The number of hydrogen-bond acceptors (Lipinski definition) is 8. The number of hydrogen-bond donors (Lipinski definition) is 2. The van der Waals surface area contributed by atoms with Gasteiger partial charge >= 0.3 is 5.97 Å². The van der Waals surface area contributed by atoms with Gasteiger partial charge in [-0.2, -0.15) is 5.26 Å². The van der Waals surface area contributed by atoms with E-state index >= 15 is 0 Å². The van der Waals surface area contributed by atoms with Crippen molar-refractivity contribution in [1.82, 2.24) is 19.7 Å². The smallest absolute Gasteiger partial charge is 0.351 e. The molecule has 0 aliphatic carbocycles. The molecule has 38 heavy (non-hydrogen) atoms. The Hall–Kier alpha value is -3.49. The Morgan fingerprint density at radius 3 is 2.63 bits per heavy atom. The van der Waals surface area contributed by atoms with Crippen molar-refractivity contribution in [3.05, 3.63) is 40.6 Å². The molecule has 10 nitrogen and oxygen atoms in total. The van der Waals surface area contributed by atoms with E-state index in [4.69, 9.17) is 4.74 Å². The van der Waals surface area contributed by atoms with E-state index in [-0.39, 0.29) is 29.9 Å². The molecule has 204 valence electrons. The molecule has 2 unspecified atom stereocenters.